The minimum absolute atomic E-state index is 0.0600. The normalized spacial score (nSPS) is 14.9. The molecule has 1 heterocycles. The minimum atomic E-state index is -1.24. The number of rotatable bonds is 14. The Bertz CT molecular complexity index is 1410. The molecule has 1 aliphatic rings. The summed E-state index contributed by atoms with van der Waals surface area (Å²) in [5.41, 5.74) is 1.95. The molecule has 2 aromatic carbocycles. The maximum atomic E-state index is 13.8. The summed E-state index contributed by atoms with van der Waals surface area (Å²) in [6.45, 7) is 3.79. The highest BCUT2D eigenvalue weighted by Crippen LogP contribution is 2.27. The zero-order chi connectivity index (χ0) is 31.5. The number of hydrogen-bond acceptors (Lipinski definition) is 5. The number of hydrogen-bond donors (Lipinski definition) is 5. The molecule has 10 heteroatoms. The average molecular weight is 602 g/mol. The Morgan fingerprint density at radius 3 is 2.25 bits per heavy atom. The molecular weight excluding hydrogens is 558 g/mol. The van der Waals surface area contributed by atoms with E-state index in [1.807, 2.05) is 68.4 Å². The van der Waals surface area contributed by atoms with Crippen LogP contribution in [0.2, 0.25) is 0 Å². The molecule has 10 nitrogen and oxygen atoms in total. The number of aromatic nitrogens is 1. The van der Waals surface area contributed by atoms with Crippen LogP contribution in [0.1, 0.15) is 81.3 Å². The van der Waals surface area contributed by atoms with Crippen LogP contribution in [0.4, 0.5) is 0 Å². The topological polar surface area (TPSA) is 149 Å². The van der Waals surface area contributed by atoms with Crippen molar-refractivity contribution in [3.8, 4) is 0 Å². The maximum Gasteiger partial charge on any atom is 0.289 e. The van der Waals surface area contributed by atoms with Gasteiger partial charge in [0.1, 0.15) is 11.7 Å². The van der Waals surface area contributed by atoms with Gasteiger partial charge in [-0.2, -0.15) is 0 Å². The van der Waals surface area contributed by atoms with Gasteiger partial charge in [-0.3, -0.25) is 24.0 Å². The molecule has 1 saturated carbocycles. The van der Waals surface area contributed by atoms with E-state index < -0.39 is 35.6 Å². The number of Topliss-reactive ketones (excluding diaryl/α,β-unsaturated/α-hetero) is 1. The van der Waals surface area contributed by atoms with Crippen LogP contribution in [0.15, 0.2) is 60.7 Å². The first-order valence-corrected chi connectivity index (χ1v) is 15.5. The Balaban J connectivity index is 1.49. The molecule has 1 aliphatic carbocycles. The molecule has 0 spiro atoms. The third-order valence-corrected chi connectivity index (χ3v) is 7.95. The van der Waals surface area contributed by atoms with Crippen molar-refractivity contribution in [2.45, 2.75) is 89.9 Å². The Kier molecular flexibility index (Phi) is 11.7. The summed E-state index contributed by atoms with van der Waals surface area (Å²) in [6.07, 6.45) is 5.45. The van der Waals surface area contributed by atoms with Crippen LogP contribution in [-0.2, 0) is 25.7 Å². The number of para-hydroxylation sites is 1. The third-order valence-electron chi connectivity index (χ3n) is 7.95. The number of carbonyl (C=O) groups is 5. The van der Waals surface area contributed by atoms with Crippen molar-refractivity contribution in [2.24, 2.45) is 5.92 Å². The van der Waals surface area contributed by atoms with Gasteiger partial charge >= 0.3 is 0 Å². The van der Waals surface area contributed by atoms with Gasteiger partial charge in [0.15, 0.2) is 0 Å². The van der Waals surface area contributed by atoms with Crippen molar-refractivity contribution in [1.82, 2.24) is 26.3 Å². The Labute approximate surface area is 258 Å². The fourth-order valence-electron chi connectivity index (χ4n) is 5.65. The number of fused-ring (bicyclic) bond motifs is 1. The third kappa shape index (κ3) is 9.52. The highest BCUT2D eigenvalue weighted by molar-refractivity contribution is 6.38. The molecule has 3 aromatic rings. The lowest BCUT2D eigenvalue weighted by atomic mass is 9.84. The van der Waals surface area contributed by atoms with Crippen molar-refractivity contribution in [2.75, 3.05) is 0 Å². The first-order valence-electron chi connectivity index (χ1n) is 15.5. The summed E-state index contributed by atoms with van der Waals surface area (Å²) in [5, 5.41) is 11.9. The van der Waals surface area contributed by atoms with Crippen molar-refractivity contribution in [3.63, 3.8) is 0 Å². The van der Waals surface area contributed by atoms with E-state index in [4.69, 9.17) is 0 Å². The fraction of sp³-hybridized carbons (Fsp3) is 0.441. The second-order valence-electron chi connectivity index (χ2n) is 11.9. The van der Waals surface area contributed by atoms with Crippen LogP contribution in [0.5, 0.6) is 0 Å². The van der Waals surface area contributed by atoms with Gasteiger partial charge in [0.25, 0.3) is 11.8 Å². The molecular formula is C34H43N5O5. The first-order chi connectivity index (χ1) is 21.2. The smallest absolute Gasteiger partial charge is 0.289 e. The second kappa shape index (κ2) is 15.8. The number of aromatic amines is 1. The van der Waals surface area contributed by atoms with Gasteiger partial charge in [0.2, 0.25) is 17.6 Å². The molecule has 44 heavy (non-hydrogen) atoms. The number of ketones is 1. The van der Waals surface area contributed by atoms with Gasteiger partial charge < -0.3 is 26.3 Å². The second-order valence-corrected chi connectivity index (χ2v) is 11.9. The van der Waals surface area contributed by atoms with E-state index in [1.54, 1.807) is 6.07 Å². The molecule has 0 unspecified atom stereocenters. The molecule has 2 atom stereocenters. The van der Waals surface area contributed by atoms with Crippen molar-refractivity contribution >= 4 is 40.3 Å². The minimum Gasteiger partial charge on any atom is -0.354 e. The molecule has 0 saturated heterocycles. The molecule has 5 N–H and O–H groups in total. The fourth-order valence-corrected chi connectivity index (χ4v) is 5.65. The SMILES string of the molecule is CC(C)NC(=O)CC[C@H](NC(=O)[C@H](CC1CCCCC1)NC(=O)c1cc2ccccc2[nH]1)C(=O)C(=O)NCc1ccccc1. The summed E-state index contributed by atoms with van der Waals surface area (Å²) in [5.74, 6) is -2.74. The monoisotopic (exact) mass is 601 g/mol. The van der Waals surface area contributed by atoms with Gasteiger partial charge in [-0.05, 0) is 50.3 Å². The van der Waals surface area contributed by atoms with Gasteiger partial charge in [0.05, 0.1) is 6.04 Å². The molecule has 1 aromatic heterocycles. The van der Waals surface area contributed by atoms with E-state index in [2.05, 4.69) is 26.3 Å². The predicted molar refractivity (Wildman–Crippen MR) is 168 cm³/mol. The first kappa shape index (κ1) is 32.4. The summed E-state index contributed by atoms with van der Waals surface area (Å²) in [7, 11) is 0. The van der Waals surface area contributed by atoms with Crippen LogP contribution in [-0.4, -0.2) is 52.5 Å². The molecule has 0 aliphatic heterocycles. The largest absolute Gasteiger partial charge is 0.354 e. The Morgan fingerprint density at radius 2 is 1.55 bits per heavy atom. The molecule has 234 valence electrons. The zero-order valence-corrected chi connectivity index (χ0v) is 25.5. The van der Waals surface area contributed by atoms with E-state index >= 15 is 0 Å². The average Bonchev–Trinajstić information content (AvgIpc) is 3.46. The van der Waals surface area contributed by atoms with E-state index in [0.717, 1.165) is 48.6 Å². The van der Waals surface area contributed by atoms with Crippen LogP contribution >= 0.6 is 0 Å². The highest BCUT2D eigenvalue weighted by Gasteiger charge is 2.32. The number of H-pyrrole nitrogens is 1. The zero-order valence-electron chi connectivity index (χ0n) is 25.5. The van der Waals surface area contributed by atoms with E-state index in [9.17, 15) is 24.0 Å². The molecule has 4 rings (SSSR count). The molecule has 4 amide bonds. The van der Waals surface area contributed by atoms with Crippen molar-refractivity contribution < 1.29 is 24.0 Å². The standard InChI is InChI=1S/C34H43N5O5/c1-22(2)36-30(40)18-17-27(31(41)34(44)35-21-24-13-7-4-8-14-24)38-32(42)28(19-23-11-5-3-6-12-23)39-33(43)29-20-25-15-9-10-16-26(25)37-29/h4,7-10,13-16,20,22-23,27-28,37H,3,5-6,11-12,17-19,21H2,1-2H3,(H,35,44)(H,36,40)(H,38,42)(H,39,43)/t27-,28-/m0/s1. The lowest BCUT2D eigenvalue weighted by Gasteiger charge is -2.28. The predicted octanol–water partition coefficient (Wildman–Crippen LogP) is 3.91. The summed E-state index contributed by atoms with van der Waals surface area (Å²) >= 11 is 0. The lowest BCUT2D eigenvalue weighted by molar-refractivity contribution is -0.140. The molecule has 0 radical (unpaired) electrons. The van der Waals surface area contributed by atoms with Crippen LogP contribution in [0.3, 0.4) is 0 Å². The van der Waals surface area contributed by atoms with Gasteiger partial charge in [-0.1, -0.05) is 80.6 Å². The number of nitrogens with one attached hydrogen (secondary N) is 5. The molecule has 1 fully saturated rings. The maximum absolute atomic E-state index is 13.8. The summed E-state index contributed by atoms with van der Waals surface area (Å²) in [4.78, 5) is 68.9. The quantitative estimate of drug-likeness (QED) is 0.178. The lowest BCUT2D eigenvalue weighted by Crippen LogP contribution is -2.54. The Hall–Kier alpha value is -4.47. The summed E-state index contributed by atoms with van der Waals surface area (Å²) < 4.78 is 0. The van der Waals surface area contributed by atoms with Crippen LogP contribution < -0.4 is 21.3 Å². The van der Waals surface area contributed by atoms with E-state index in [-0.39, 0.29) is 37.3 Å². The Morgan fingerprint density at radius 1 is 0.841 bits per heavy atom. The van der Waals surface area contributed by atoms with Crippen LogP contribution in [0.25, 0.3) is 10.9 Å². The summed E-state index contributed by atoms with van der Waals surface area (Å²) in [6, 6.07) is 16.1. The van der Waals surface area contributed by atoms with Crippen molar-refractivity contribution in [1.29, 1.82) is 0 Å². The van der Waals surface area contributed by atoms with E-state index in [0.29, 0.717) is 12.1 Å². The van der Waals surface area contributed by atoms with Gasteiger partial charge in [-0.15, -0.1) is 0 Å². The highest BCUT2D eigenvalue weighted by atomic mass is 16.2. The van der Waals surface area contributed by atoms with Gasteiger partial charge in [-0.25, -0.2) is 0 Å². The number of carbonyl (C=O) groups excluding carboxylic acids is 5. The number of benzene rings is 2. The van der Waals surface area contributed by atoms with E-state index in [1.165, 1.54) is 0 Å². The number of amides is 4. The van der Waals surface area contributed by atoms with Crippen LogP contribution in [0, 0.1) is 5.92 Å². The molecule has 0 bridgehead atoms. The van der Waals surface area contributed by atoms with Gasteiger partial charge in [0, 0.05) is 29.9 Å². The van der Waals surface area contributed by atoms with Crippen molar-refractivity contribution in [3.05, 3.63) is 71.9 Å².